The second-order valence-electron chi connectivity index (χ2n) is 7.39. The minimum absolute atomic E-state index is 0.0596. The summed E-state index contributed by atoms with van der Waals surface area (Å²) in [5, 5.41) is 6.04. The molecule has 146 valence electrons. The number of nitrogens with zero attached hydrogens (tertiary/aromatic N) is 4. The summed E-state index contributed by atoms with van der Waals surface area (Å²) < 4.78 is 41.8. The van der Waals surface area contributed by atoms with E-state index in [-0.39, 0.29) is 23.4 Å². The Morgan fingerprint density at radius 3 is 2.71 bits per heavy atom. The number of amides is 1. The van der Waals surface area contributed by atoms with Crippen molar-refractivity contribution in [1.29, 1.82) is 0 Å². The number of rotatable bonds is 3. The lowest BCUT2D eigenvalue weighted by Gasteiger charge is -2.15. The molecule has 3 aromatic heterocycles. The molecule has 0 N–H and O–H groups in total. The maximum atomic E-state index is 13.7. The number of hydrogen-bond donors (Lipinski definition) is 0. The number of thiophene rings is 1. The van der Waals surface area contributed by atoms with E-state index in [9.17, 15) is 18.0 Å². The van der Waals surface area contributed by atoms with Crippen LogP contribution in [0.4, 0.5) is 13.2 Å². The van der Waals surface area contributed by atoms with Crippen LogP contribution in [0.25, 0.3) is 16.2 Å². The topological polar surface area (TPSA) is 50.5 Å². The lowest BCUT2D eigenvalue weighted by atomic mass is 10.1. The molecule has 9 heteroatoms. The Bertz CT molecular complexity index is 1040. The molecule has 1 amide bonds. The minimum Gasteiger partial charge on any atom is -0.342 e. The number of carbonyl (C=O) groups excluding carboxylic acids is 1. The molecule has 1 aliphatic heterocycles. The molecule has 5 nitrogen and oxygen atoms in total. The summed E-state index contributed by atoms with van der Waals surface area (Å²) in [4.78, 5) is 19.2. The molecule has 5 rings (SSSR count). The Balaban J connectivity index is 1.52. The summed E-state index contributed by atoms with van der Waals surface area (Å²) in [6.45, 7) is 1.15. The number of fused-ring (bicyclic) bond motifs is 1. The normalized spacial score (nSPS) is 20.2. The van der Waals surface area contributed by atoms with E-state index < -0.39 is 11.9 Å². The van der Waals surface area contributed by atoms with Crippen molar-refractivity contribution in [2.45, 2.75) is 31.4 Å². The van der Waals surface area contributed by atoms with Gasteiger partial charge in [0.25, 0.3) is 0 Å². The molecule has 4 heterocycles. The summed E-state index contributed by atoms with van der Waals surface area (Å²) in [5.41, 5.74) is 0.196. The zero-order valence-electron chi connectivity index (χ0n) is 14.8. The van der Waals surface area contributed by atoms with E-state index in [1.165, 1.54) is 11.3 Å². The Morgan fingerprint density at radius 1 is 1.21 bits per heavy atom. The van der Waals surface area contributed by atoms with E-state index in [0.29, 0.717) is 35.8 Å². The van der Waals surface area contributed by atoms with Crippen LogP contribution in [0, 0.1) is 5.92 Å². The van der Waals surface area contributed by atoms with Gasteiger partial charge in [0.2, 0.25) is 5.91 Å². The van der Waals surface area contributed by atoms with E-state index in [1.54, 1.807) is 23.6 Å². The van der Waals surface area contributed by atoms with E-state index in [0.717, 1.165) is 23.4 Å². The average Bonchev–Trinajstić information content (AvgIpc) is 3.06. The van der Waals surface area contributed by atoms with Crippen LogP contribution in [0.5, 0.6) is 0 Å². The molecule has 28 heavy (non-hydrogen) atoms. The van der Waals surface area contributed by atoms with Crippen LogP contribution in [0.3, 0.4) is 0 Å². The SMILES string of the molecule is O=C(C1CC1)N1CC[C@H](c2cc3nc(-c4cccs4)cc(C(F)(F)F)n3n2)C1. The lowest BCUT2D eigenvalue weighted by Crippen LogP contribution is -2.29. The van der Waals surface area contributed by atoms with Crippen molar-refractivity contribution in [2.75, 3.05) is 13.1 Å². The third kappa shape index (κ3) is 3.07. The van der Waals surface area contributed by atoms with Crippen LogP contribution < -0.4 is 0 Å². The fourth-order valence-electron chi connectivity index (χ4n) is 3.73. The Hall–Kier alpha value is -2.42. The highest BCUT2D eigenvalue weighted by atomic mass is 32.1. The second-order valence-corrected chi connectivity index (χ2v) is 8.33. The van der Waals surface area contributed by atoms with Gasteiger partial charge in [-0.15, -0.1) is 11.3 Å². The van der Waals surface area contributed by atoms with Crippen molar-refractivity contribution in [3.05, 3.63) is 41.0 Å². The summed E-state index contributed by atoms with van der Waals surface area (Å²) in [6.07, 6.45) is -1.95. The molecule has 0 radical (unpaired) electrons. The Labute approximate surface area is 162 Å². The second kappa shape index (κ2) is 6.30. The zero-order chi connectivity index (χ0) is 19.5. The molecule has 0 aromatic carbocycles. The Kier molecular flexibility index (Phi) is 3.97. The molecular weight excluding hydrogens is 389 g/mol. The number of halogens is 3. The first kappa shape index (κ1) is 17.7. The van der Waals surface area contributed by atoms with Gasteiger partial charge in [0.15, 0.2) is 11.3 Å². The van der Waals surface area contributed by atoms with Gasteiger partial charge in [0, 0.05) is 31.0 Å². The van der Waals surface area contributed by atoms with Gasteiger partial charge in [-0.05, 0) is 36.8 Å². The average molecular weight is 406 g/mol. The predicted molar refractivity (Wildman–Crippen MR) is 98.0 cm³/mol. The van der Waals surface area contributed by atoms with Crippen molar-refractivity contribution >= 4 is 22.9 Å². The molecule has 0 spiro atoms. The smallest absolute Gasteiger partial charge is 0.342 e. The van der Waals surface area contributed by atoms with Gasteiger partial charge in [-0.2, -0.15) is 18.3 Å². The van der Waals surface area contributed by atoms with E-state index >= 15 is 0 Å². The summed E-state index contributed by atoms with van der Waals surface area (Å²) in [7, 11) is 0. The number of likely N-dealkylation sites (tertiary alicyclic amines) is 1. The van der Waals surface area contributed by atoms with Crippen LogP contribution in [0.1, 0.15) is 36.6 Å². The number of aromatic nitrogens is 3. The molecule has 0 unspecified atom stereocenters. The first-order chi connectivity index (χ1) is 13.4. The minimum atomic E-state index is -4.54. The van der Waals surface area contributed by atoms with Crippen LogP contribution in [-0.4, -0.2) is 38.5 Å². The van der Waals surface area contributed by atoms with Gasteiger partial charge >= 0.3 is 6.18 Å². The first-order valence-corrected chi connectivity index (χ1v) is 10.1. The van der Waals surface area contributed by atoms with Crippen LogP contribution >= 0.6 is 11.3 Å². The largest absolute Gasteiger partial charge is 0.433 e. The van der Waals surface area contributed by atoms with Crippen LogP contribution in [0.2, 0.25) is 0 Å². The molecule has 1 aliphatic carbocycles. The molecule has 2 fully saturated rings. The third-order valence-electron chi connectivity index (χ3n) is 5.35. The van der Waals surface area contributed by atoms with Gasteiger partial charge in [0.05, 0.1) is 16.3 Å². The number of carbonyl (C=O) groups is 1. The van der Waals surface area contributed by atoms with Crippen molar-refractivity contribution in [3.63, 3.8) is 0 Å². The molecule has 2 aliphatic rings. The van der Waals surface area contributed by atoms with Gasteiger partial charge < -0.3 is 4.90 Å². The van der Waals surface area contributed by atoms with Crippen molar-refractivity contribution < 1.29 is 18.0 Å². The maximum absolute atomic E-state index is 13.7. The fraction of sp³-hybridized carbons (Fsp3) is 0.421. The summed E-state index contributed by atoms with van der Waals surface area (Å²) in [6, 6.07) is 6.21. The van der Waals surface area contributed by atoms with Gasteiger partial charge in [-0.1, -0.05) is 6.07 Å². The van der Waals surface area contributed by atoms with E-state index in [1.807, 2.05) is 4.90 Å². The van der Waals surface area contributed by atoms with Crippen molar-refractivity contribution in [1.82, 2.24) is 19.5 Å². The standard InChI is InChI=1S/C19H17F3N4OS/c20-19(21,22)16-8-14(15-2-1-7-28-15)23-17-9-13(24-26(16)17)12-5-6-25(10-12)18(27)11-3-4-11/h1-2,7-9,11-12H,3-6,10H2/t12-/m0/s1. The molecule has 1 atom stereocenters. The lowest BCUT2D eigenvalue weighted by molar-refractivity contribution is -0.142. The van der Waals surface area contributed by atoms with Gasteiger partial charge in [-0.3, -0.25) is 4.79 Å². The molecule has 1 saturated carbocycles. The number of alkyl halides is 3. The zero-order valence-corrected chi connectivity index (χ0v) is 15.6. The monoisotopic (exact) mass is 406 g/mol. The summed E-state index contributed by atoms with van der Waals surface area (Å²) >= 11 is 1.34. The Morgan fingerprint density at radius 2 is 2.04 bits per heavy atom. The summed E-state index contributed by atoms with van der Waals surface area (Å²) in [5.74, 6) is 0.252. The molecule has 0 bridgehead atoms. The highest BCUT2D eigenvalue weighted by Gasteiger charge is 2.39. The fourth-order valence-corrected chi connectivity index (χ4v) is 4.42. The van der Waals surface area contributed by atoms with Gasteiger partial charge in [-0.25, -0.2) is 9.50 Å². The highest BCUT2D eigenvalue weighted by molar-refractivity contribution is 7.13. The van der Waals surface area contributed by atoms with Crippen molar-refractivity contribution in [2.24, 2.45) is 5.92 Å². The van der Waals surface area contributed by atoms with Crippen LogP contribution in [0.15, 0.2) is 29.6 Å². The first-order valence-electron chi connectivity index (χ1n) is 9.21. The van der Waals surface area contributed by atoms with Crippen molar-refractivity contribution in [3.8, 4) is 10.6 Å². The van der Waals surface area contributed by atoms with Gasteiger partial charge in [0.1, 0.15) is 0 Å². The van der Waals surface area contributed by atoms with Crippen LogP contribution in [-0.2, 0) is 11.0 Å². The quantitative estimate of drug-likeness (QED) is 0.655. The van der Waals surface area contributed by atoms with E-state index in [4.69, 9.17) is 0 Å². The molecule has 3 aromatic rings. The molecule has 1 saturated heterocycles. The number of hydrogen-bond acceptors (Lipinski definition) is 4. The third-order valence-corrected chi connectivity index (χ3v) is 6.25. The maximum Gasteiger partial charge on any atom is 0.433 e. The molecular formula is C19H17F3N4OS. The highest BCUT2D eigenvalue weighted by Crippen LogP contribution is 2.37. The predicted octanol–water partition coefficient (Wildman–Crippen LogP) is 4.20. The van der Waals surface area contributed by atoms with E-state index in [2.05, 4.69) is 10.1 Å².